The van der Waals surface area contributed by atoms with Crippen LogP contribution in [-0.4, -0.2) is 41.6 Å². The van der Waals surface area contributed by atoms with Crippen LogP contribution in [0.25, 0.3) is 17.2 Å². The lowest BCUT2D eigenvalue weighted by molar-refractivity contribution is -0.136. The van der Waals surface area contributed by atoms with Gasteiger partial charge in [0.25, 0.3) is 0 Å². The molecule has 0 spiro atoms. The molecule has 1 saturated heterocycles. The Kier molecular flexibility index (Phi) is 9.06. The second-order valence-corrected chi connectivity index (χ2v) is 9.20. The van der Waals surface area contributed by atoms with Gasteiger partial charge in [0.2, 0.25) is 0 Å². The largest absolute Gasteiger partial charge is 0.478 e. The van der Waals surface area contributed by atoms with Crippen molar-refractivity contribution < 1.29 is 19.4 Å². The van der Waals surface area contributed by atoms with Crippen molar-refractivity contribution in [2.75, 3.05) is 19.6 Å². The molecule has 37 heavy (non-hydrogen) atoms. The first-order chi connectivity index (χ1) is 18.0. The van der Waals surface area contributed by atoms with E-state index < -0.39 is 5.97 Å². The van der Waals surface area contributed by atoms with Crippen molar-refractivity contribution in [2.24, 2.45) is 0 Å². The Hall–Kier alpha value is -3.96. The monoisotopic (exact) mass is 495 g/mol. The third-order valence-corrected chi connectivity index (χ3v) is 6.57. The minimum atomic E-state index is -0.973. The molecule has 1 heterocycles. The highest BCUT2D eigenvalue weighted by Gasteiger charge is 2.16. The molecule has 3 aromatic rings. The van der Waals surface area contributed by atoms with Gasteiger partial charge in [-0.15, -0.1) is 0 Å². The molecule has 0 amide bonds. The number of aliphatic carboxylic acids is 1. The number of rotatable bonds is 9. The van der Waals surface area contributed by atoms with Crippen molar-refractivity contribution in [1.29, 1.82) is 0 Å². The molecule has 0 unspecified atom stereocenters. The summed E-state index contributed by atoms with van der Waals surface area (Å²) in [7, 11) is 0. The average molecular weight is 496 g/mol. The zero-order valence-electron chi connectivity index (χ0n) is 21.2. The number of carboxylic acid groups (broad SMARTS) is 1. The lowest BCUT2D eigenvalue weighted by Gasteiger charge is -2.25. The quantitative estimate of drug-likeness (QED) is 0.158. The number of carbonyl (C=O) groups excluding carboxylic acids is 1. The molecular weight excluding hydrogens is 462 g/mol. The summed E-state index contributed by atoms with van der Waals surface area (Å²) in [6.07, 6.45) is 7.04. The number of carboxylic acids is 1. The van der Waals surface area contributed by atoms with E-state index in [1.807, 2.05) is 66.7 Å². The molecule has 0 aliphatic carbocycles. The summed E-state index contributed by atoms with van der Waals surface area (Å²) in [5.74, 6) is -0.662. The van der Waals surface area contributed by atoms with Crippen LogP contribution in [0, 0.1) is 0 Å². The van der Waals surface area contributed by atoms with E-state index in [2.05, 4.69) is 24.0 Å². The fourth-order valence-corrected chi connectivity index (χ4v) is 4.76. The van der Waals surface area contributed by atoms with Crippen molar-refractivity contribution in [3.05, 3.63) is 107 Å². The lowest BCUT2D eigenvalue weighted by atomic mass is 9.88. The predicted molar refractivity (Wildman–Crippen MR) is 148 cm³/mol. The highest BCUT2D eigenvalue weighted by Crippen LogP contribution is 2.35. The highest BCUT2D eigenvalue weighted by atomic mass is 16.5. The van der Waals surface area contributed by atoms with E-state index in [0.717, 1.165) is 66.3 Å². The Bertz CT molecular complexity index is 1250. The highest BCUT2D eigenvalue weighted by molar-refractivity contribution is 5.98. The molecule has 190 valence electrons. The van der Waals surface area contributed by atoms with Gasteiger partial charge >= 0.3 is 11.9 Å². The number of benzene rings is 3. The maximum atomic E-state index is 12.5. The van der Waals surface area contributed by atoms with Gasteiger partial charge in [0.15, 0.2) is 0 Å². The van der Waals surface area contributed by atoms with Crippen molar-refractivity contribution in [2.45, 2.75) is 32.6 Å². The second-order valence-electron chi connectivity index (χ2n) is 9.20. The van der Waals surface area contributed by atoms with Crippen LogP contribution in [-0.2, 0) is 9.59 Å². The molecule has 3 aromatic carbocycles. The third kappa shape index (κ3) is 7.28. The smallest absolute Gasteiger partial charge is 0.328 e. The van der Waals surface area contributed by atoms with Gasteiger partial charge in [-0.05, 0) is 84.0 Å². The molecule has 0 radical (unpaired) electrons. The number of ether oxygens (including phenoxy) is 1. The van der Waals surface area contributed by atoms with E-state index in [4.69, 9.17) is 9.84 Å². The van der Waals surface area contributed by atoms with Crippen molar-refractivity contribution >= 4 is 29.2 Å². The normalized spacial score (nSPS) is 14.8. The van der Waals surface area contributed by atoms with Gasteiger partial charge in [0, 0.05) is 6.08 Å². The summed E-state index contributed by atoms with van der Waals surface area (Å²) in [5.41, 5.74) is 6.30. The first-order valence-corrected chi connectivity index (χ1v) is 12.9. The van der Waals surface area contributed by atoms with Crippen LogP contribution < -0.4 is 4.74 Å². The van der Waals surface area contributed by atoms with Gasteiger partial charge in [-0.25, -0.2) is 4.79 Å². The molecule has 4 rings (SSSR count). The summed E-state index contributed by atoms with van der Waals surface area (Å²) in [6, 6.07) is 25.9. The number of nitrogens with zero attached hydrogens (tertiary/aromatic N) is 1. The van der Waals surface area contributed by atoms with E-state index in [0.29, 0.717) is 12.3 Å². The first-order valence-electron chi connectivity index (χ1n) is 12.9. The minimum absolute atomic E-state index is 0.228. The molecule has 1 aliphatic rings. The number of hydrogen-bond donors (Lipinski definition) is 1. The van der Waals surface area contributed by atoms with E-state index in [-0.39, 0.29) is 5.97 Å². The summed E-state index contributed by atoms with van der Waals surface area (Å²) in [5, 5.41) is 8.93. The molecule has 5 heteroatoms. The molecule has 0 atom stereocenters. The van der Waals surface area contributed by atoms with Gasteiger partial charge in [0.1, 0.15) is 5.75 Å². The zero-order chi connectivity index (χ0) is 26.0. The van der Waals surface area contributed by atoms with E-state index in [1.54, 1.807) is 6.08 Å². The Balaban J connectivity index is 1.63. The fraction of sp³-hybridized carbons (Fsp3) is 0.250. The summed E-state index contributed by atoms with van der Waals surface area (Å²) >= 11 is 0. The van der Waals surface area contributed by atoms with Crippen LogP contribution in [0.4, 0.5) is 0 Å². The number of allylic oxidation sites excluding steroid dienone is 1. The maximum Gasteiger partial charge on any atom is 0.328 e. The molecule has 1 N–H and O–H groups in total. The lowest BCUT2D eigenvalue weighted by Crippen LogP contribution is -2.36. The van der Waals surface area contributed by atoms with Crippen LogP contribution >= 0.6 is 0 Å². The van der Waals surface area contributed by atoms with Gasteiger partial charge in [-0.2, -0.15) is 0 Å². The summed E-state index contributed by atoms with van der Waals surface area (Å²) in [6.45, 7) is 4.37. The number of likely N-dealkylation sites (tertiary alicyclic amines) is 1. The standard InChI is InChI=1S/C32H33NO4/c1-2-29(25-9-5-3-6-10-25)32(26-14-11-24(12-15-26)13-20-30(34)35)27-16-18-28(19-17-27)37-31(36)23-33-21-7-4-8-22-33/h3,5-6,9-20H,2,4,7-8,21-23H2,1H3,(H,34,35)/b20-13+,32-29+. The van der Waals surface area contributed by atoms with Crippen molar-refractivity contribution in [1.82, 2.24) is 4.90 Å². The molecular formula is C32H33NO4. The van der Waals surface area contributed by atoms with Crippen molar-refractivity contribution in [3.8, 4) is 5.75 Å². The van der Waals surface area contributed by atoms with Gasteiger partial charge in [-0.3, -0.25) is 9.69 Å². The van der Waals surface area contributed by atoms with E-state index in [1.165, 1.54) is 12.0 Å². The van der Waals surface area contributed by atoms with E-state index >= 15 is 0 Å². The molecule has 1 fully saturated rings. The fourth-order valence-electron chi connectivity index (χ4n) is 4.76. The summed E-state index contributed by atoms with van der Waals surface area (Å²) in [4.78, 5) is 25.5. The number of piperidine rings is 1. The minimum Gasteiger partial charge on any atom is -0.478 e. The number of esters is 1. The van der Waals surface area contributed by atoms with E-state index in [9.17, 15) is 9.59 Å². The Morgan fingerprint density at radius 3 is 2.05 bits per heavy atom. The Labute approximate surface area is 218 Å². The van der Waals surface area contributed by atoms with Crippen LogP contribution in [0.3, 0.4) is 0 Å². The molecule has 5 nitrogen and oxygen atoms in total. The Morgan fingerprint density at radius 2 is 1.46 bits per heavy atom. The van der Waals surface area contributed by atoms with Gasteiger partial charge < -0.3 is 9.84 Å². The zero-order valence-corrected chi connectivity index (χ0v) is 21.2. The topological polar surface area (TPSA) is 66.8 Å². The number of hydrogen-bond acceptors (Lipinski definition) is 4. The predicted octanol–water partition coefficient (Wildman–Crippen LogP) is 6.54. The summed E-state index contributed by atoms with van der Waals surface area (Å²) < 4.78 is 5.64. The molecule has 0 aromatic heterocycles. The van der Waals surface area contributed by atoms with Crippen LogP contribution in [0.1, 0.15) is 54.9 Å². The second kappa shape index (κ2) is 12.8. The first kappa shape index (κ1) is 26.1. The average Bonchev–Trinajstić information content (AvgIpc) is 2.92. The van der Waals surface area contributed by atoms with Gasteiger partial charge in [-0.1, -0.05) is 80.1 Å². The molecule has 0 saturated carbocycles. The van der Waals surface area contributed by atoms with Crippen molar-refractivity contribution in [3.63, 3.8) is 0 Å². The van der Waals surface area contributed by atoms with Gasteiger partial charge in [0.05, 0.1) is 6.54 Å². The number of carbonyl (C=O) groups is 2. The van der Waals surface area contributed by atoms with Crippen LogP contribution in [0.15, 0.2) is 84.9 Å². The maximum absolute atomic E-state index is 12.5. The molecule has 1 aliphatic heterocycles. The Morgan fingerprint density at radius 1 is 0.838 bits per heavy atom. The van der Waals surface area contributed by atoms with Crippen LogP contribution in [0.5, 0.6) is 5.75 Å². The SMILES string of the molecule is CC/C(=C(/c1ccc(/C=C/C(=O)O)cc1)c1ccc(OC(=O)CN2CCCCC2)cc1)c1ccccc1. The third-order valence-electron chi connectivity index (χ3n) is 6.57. The molecule has 0 bridgehead atoms. The van der Waals surface area contributed by atoms with Crippen LogP contribution in [0.2, 0.25) is 0 Å².